The van der Waals surface area contributed by atoms with Gasteiger partial charge in [0.2, 0.25) is 0 Å². The molecule has 0 radical (unpaired) electrons. The summed E-state index contributed by atoms with van der Waals surface area (Å²) < 4.78 is 51.2. The average Bonchev–Trinajstić information content (AvgIpc) is 2.54. The highest BCUT2D eigenvalue weighted by Gasteiger charge is 2.66. The largest absolute Gasteiger partial charge is 0.489 e. The zero-order chi connectivity index (χ0) is 22.4. The van der Waals surface area contributed by atoms with Crippen LogP contribution in [0, 0.1) is 22.2 Å². The Morgan fingerprint density at radius 3 is 2.10 bits per heavy atom. The Labute approximate surface area is 169 Å². The molecule has 0 atom stereocenters. The standard InChI is InChI=1S/C21H27F3N2O3/c1-18(2,3)26-17(27)29-16-19(4,5)15(20(16,6)7)28-13-9-8-12(11-25)14(10-13)21(22,23)24/h8-10,15-16H,1-7H3,(H,26,27). The molecule has 0 heterocycles. The van der Waals surface area contributed by atoms with E-state index in [9.17, 15) is 18.0 Å². The topological polar surface area (TPSA) is 71.3 Å². The number of ether oxygens (including phenoxy) is 2. The van der Waals surface area contributed by atoms with E-state index in [-0.39, 0.29) is 5.75 Å². The third-order valence-electron chi connectivity index (χ3n) is 5.08. The molecule has 0 saturated heterocycles. The summed E-state index contributed by atoms with van der Waals surface area (Å²) in [5, 5.41) is 11.7. The number of amides is 1. The summed E-state index contributed by atoms with van der Waals surface area (Å²) in [6, 6.07) is 4.84. The molecular formula is C21H27F3N2O3. The second kappa shape index (κ2) is 7.12. The van der Waals surface area contributed by atoms with Crippen molar-refractivity contribution >= 4 is 6.09 Å². The van der Waals surface area contributed by atoms with Crippen molar-refractivity contribution in [2.75, 3.05) is 0 Å². The molecule has 0 bridgehead atoms. The van der Waals surface area contributed by atoms with Gasteiger partial charge >= 0.3 is 12.3 Å². The first-order chi connectivity index (χ1) is 13.0. The number of halogens is 3. The lowest BCUT2D eigenvalue weighted by molar-refractivity contribution is -0.235. The van der Waals surface area contributed by atoms with Crippen molar-refractivity contribution in [1.82, 2.24) is 5.32 Å². The number of rotatable bonds is 3. The zero-order valence-corrected chi connectivity index (χ0v) is 17.7. The lowest BCUT2D eigenvalue weighted by atomic mass is 9.51. The van der Waals surface area contributed by atoms with E-state index in [1.807, 2.05) is 48.5 Å². The molecule has 1 amide bonds. The molecule has 1 aromatic carbocycles. The van der Waals surface area contributed by atoms with E-state index in [4.69, 9.17) is 14.7 Å². The molecule has 1 fully saturated rings. The summed E-state index contributed by atoms with van der Waals surface area (Å²) in [6.45, 7) is 12.9. The summed E-state index contributed by atoms with van der Waals surface area (Å²) in [7, 11) is 0. The minimum absolute atomic E-state index is 0.0140. The van der Waals surface area contributed by atoms with Crippen LogP contribution < -0.4 is 10.1 Å². The molecule has 0 unspecified atom stereocenters. The smallest absolute Gasteiger partial charge is 0.417 e. The second-order valence-electron chi connectivity index (χ2n) is 9.62. The third kappa shape index (κ3) is 4.60. The van der Waals surface area contributed by atoms with E-state index in [2.05, 4.69) is 5.32 Å². The maximum Gasteiger partial charge on any atom is 0.417 e. The molecule has 160 valence electrons. The van der Waals surface area contributed by atoms with Crippen LogP contribution in [0.15, 0.2) is 18.2 Å². The quantitative estimate of drug-likeness (QED) is 0.733. The fraction of sp³-hybridized carbons (Fsp3) is 0.619. The number of nitrogens with one attached hydrogen (secondary N) is 1. The number of benzene rings is 1. The van der Waals surface area contributed by atoms with Gasteiger partial charge in [0.05, 0.1) is 17.2 Å². The number of carbonyl (C=O) groups excluding carboxylic acids is 1. The number of alkyl carbamates (subject to hydrolysis) is 1. The summed E-state index contributed by atoms with van der Waals surface area (Å²) in [5.41, 5.74) is -3.22. The van der Waals surface area contributed by atoms with Crippen LogP contribution in [0.3, 0.4) is 0 Å². The van der Waals surface area contributed by atoms with Crippen molar-refractivity contribution in [3.63, 3.8) is 0 Å². The van der Waals surface area contributed by atoms with Gasteiger partial charge < -0.3 is 14.8 Å². The normalized spacial score (nSPS) is 22.8. The van der Waals surface area contributed by atoms with E-state index in [1.165, 1.54) is 6.07 Å². The number of alkyl halides is 3. The van der Waals surface area contributed by atoms with Crippen molar-refractivity contribution in [3.8, 4) is 11.8 Å². The second-order valence-corrected chi connectivity index (χ2v) is 9.62. The van der Waals surface area contributed by atoms with Crippen molar-refractivity contribution in [2.45, 2.75) is 72.4 Å². The minimum Gasteiger partial charge on any atom is -0.489 e. The highest BCUT2D eigenvalue weighted by Crippen LogP contribution is 2.57. The first-order valence-electron chi connectivity index (χ1n) is 9.27. The van der Waals surface area contributed by atoms with Gasteiger partial charge in [0.1, 0.15) is 18.0 Å². The van der Waals surface area contributed by atoms with E-state index in [1.54, 1.807) is 6.07 Å². The Kier molecular flexibility index (Phi) is 5.61. The van der Waals surface area contributed by atoms with Gasteiger partial charge in [0.15, 0.2) is 0 Å². The van der Waals surface area contributed by atoms with Crippen molar-refractivity contribution in [3.05, 3.63) is 29.3 Å². The zero-order valence-electron chi connectivity index (χ0n) is 17.7. The third-order valence-corrected chi connectivity index (χ3v) is 5.08. The van der Waals surface area contributed by atoms with Gasteiger partial charge in [0.25, 0.3) is 0 Å². The fourth-order valence-electron chi connectivity index (χ4n) is 4.21. The van der Waals surface area contributed by atoms with E-state index in [0.717, 1.165) is 12.1 Å². The number of hydrogen-bond acceptors (Lipinski definition) is 4. The van der Waals surface area contributed by atoms with Crippen LogP contribution in [0.1, 0.15) is 59.6 Å². The summed E-state index contributed by atoms with van der Waals surface area (Å²) in [4.78, 5) is 12.2. The maximum atomic E-state index is 13.2. The average molecular weight is 412 g/mol. The number of nitriles is 1. The number of nitrogens with zero attached hydrogens (tertiary/aromatic N) is 1. The van der Waals surface area contributed by atoms with Crippen LogP contribution in [0.5, 0.6) is 5.75 Å². The molecule has 8 heteroatoms. The molecule has 1 aliphatic carbocycles. The minimum atomic E-state index is -4.66. The Morgan fingerprint density at radius 1 is 1.10 bits per heavy atom. The molecule has 0 aliphatic heterocycles. The Balaban J connectivity index is 2.23. The highest BCUT2D eigenvalue weighted by atomic mass is 19.4. The monoisotopic (exact) mass is 412 g/mol. The summed E-state index contributed by atoms with van der Waals surface area (Å²) in [5.74, 6) is 0.0140. The Hall–Kier alpha value is -2.43. The fourth-order valence-corrected chi connectivity index (χ4v) is 4.21. The van der Waals surface area contributed by atoms with E-state index in [0.29, 0.717) is 0 Å². The van der Waals surface area contributed by atoms with Crippen LogP contribution in [0.25, 0.3) is 0 Å². The number of hydrogen-bond donors (Lipinski definition) is 1. The molecular weight excluding hydrogens is 385 g/mol. The molecule has 29 heavy (non-hydrogen) atoms. The lowest BCUT2D eigenvalue weighted by Crippen LogP contribution is -2.71. The molecule has 1 aromatic rings. The van der Waals surface area contributed by atoms with Crippen LogP contribution in [0.2, 0.25) is 0 Å². The summed E-state index contributed by atoms with van der Waals surface area (Å²) in [6.07, 6.45) is -6.22. The van der Waals surface area contributed by atoms with Gasteiger partial charge in [-0.3, -0.25) is 0 Å². The van der Waals surface area contributed by atoms with Gasteiger partial charge in [-0.15, -0.1) is 0 Å². The molecule has 0 spiro atoms. The van der Waals surface area contributed by atoms with Gasteiger partial charge in [-0.1, -0.05) is 27.7 Å². The van der Waals surface area contributed by atoms with E-state index < -0.39 is 52.0 Å². The van der Waals surface area contributed by atoms with Crippen LogP contribution in [-0.2, 0) is 10.9 Å². The van der Waals surface area contributed by atoms with E-state index >= 15 is 0 Å². The molecule has 1 saturated carbocycles. The van der Waals surface area contributed by atoms with Crippen LogP contribution >= 0.6 is 0 Å². The van der Waals surface area contributed by atoms with Gasteiger partial charge in [-0.2, -0.15) is 18.4 Å². The first-order valence-corrected chi connectivity index (χ1v) is 9.27. The molecule has 2 rings (SSSR count). The van der Waals surface area contributed by atoms with Gasteiger partial charge in [-0.25, -0.2) is 4.79 Å². The SMILES string of the molecule is CC(C)(C)NC(=O)OC1C(C)(C)C(Oc2ccc(C#N)c(C(F)(F)F)c2)C1(C)C. The first kappa shape index (κ1) is 22.9. The van der Waals surface area contributed by atoms with Crippen LogP contribution in [-0.4, -0.2) is 23.8 Å². The van der Waals surface area contributed by atoms with Crippen LogP contribution in [0.4, 0.5) is 18.0 Å². The molecule has 0 aromatic heterocycles. The van der Waals surface area contributed by atoms with Gasteiger partial charge in [0, 0.05) is 16.4 Å². The van der Waals surface area contributed by atoms with Gasteiger partial charge in [-0.05, 0) is 39.0 Å². The van der Waals surface area contributed by atoms with Crippen molar-refractivity contribution in [2.24, 2.45) is 10.8 Å². The molecule has 1 N–H and O–H groups in total. The predicted molar refractivity (Wildman–Crippen MR) is 101 cm³/mol. The van der Waals surface area contributed by atoms with Crippen molar-refractivity contribution < 1.29 is 27.4 Å². The number of carbonyl (C=O) groups is 1. The molecule has 1 aliphatic rings. The Morgan fingerprint density at radius 2 is 1.66 bits per heavy atom. The molecule has 5 nitrogen and oxygen atoms in total. The lowest BCUT2D eigenvalue weighted by Gasteiger charge is -2.61. The van der Waals surface area contributed by atoms with Crippen molar-refractivity contribution in [1.29, 1.82) is 5.26 Å². The predicted octanol–water partition coefficient (Wildman–Crippen LogP) is 5.28. The maximum absolute atomic E-state index is 13.2. The summed E-state index contributed by atoms with van der Waals surface area (Å²) >= 11 is 0. The highest BCUT2D eigenvalue weighted by molar-refractivity contribution is 5.68. The Bertz CT molecular complexity index is 817.